The number of anilines is 1. The first-order valence-corrected chi connectivity index (χ1v) is 12.7. The molecule has 5 rings (SSSR count). The number of fused-ring (bicyclic) bond motifs is 1. The molecule has 0 bridgehead atoms. The molecule has 3 heterocycles. The summed E-state index contributed by atoms with van der Waals surface area (Å²) in [4.78, 5) is 19.9. The molecule has 178 valence electrons. The SMILES string of the molecule is Cc1ccc(-c2cc3c(N4CCCC(C(=O)NCCC5=CCCCC5)C4)nccn3n2)c(C)c1. The Balaban J connectivity index is 1.29. The van der Waals surface area contributed by atoms with Crippen molar-refractivity contribution in [3.05, 3.63) is 59.4 Å². The van der Waals surface area contributed by atoms with Gasteiger partial charge in [-0.1, -0.05) is 35.4 Å². The molecular weight excluding hydrogens is 422 g/mol. The van der Waals surface area contributed by atoms with Gasteiger partial charge in [0.2, 0.25) is 5.91 Å². The van der Waals surface area contributed by atoms with E-state index in [-0.39, 0.29) is 11.8 Å². The van der Waals surface area contributed by atoms with Crippen LogP contribution in [-0.2, 0) is 4.79 Å². The molecule has 1 aliphatic carbocycles. The second-order valence-electron chi connectivity index (χ2n) is 9.86. The molecular formula is C28H35N5O. The first kappa shape index (κ1) is 22.6. The molecule has 0 radical (unpaired) electrons. The zero-order valence-electron chi connectivity index (χ0n) is 20.4. The molecule has 2 aliphatic rings. The maximum Gasteiger partial charge on any atom is 0.224 e. The number of benzene rings is 1. The highest BCUT2D eigenvalue weighted by molar-refractivity contribution is 5.81. The lowest BCUT2D eigenvalue weighted by atomic mass is 9.96. The Hall–Kier alpha value is -3.15. The number of nitrogens with zero attached hydrogens (tertiary/aromatic N) is 4. The van der Waals surface area contributed by atoms with Crippen molar-refractivity contribution in [2.75, 3.05) is 24.5 Å². The summed E-state index contributed by atoms with van der Waals surface area (Å²) in [5, 5.41) is 8.03. The van der Waals surface area contributed by atoms with Gasteiger partial charge in [-0.15, -0.1) is 0 Å². The second-order valence-corrected chi connectivity index (χ2v) is 9.86. The third-order valence-corrected chi connectivity index (χ3v) is 7.25. The lowest BCUT2D eigenvalue weighted by Gasteiger charge is -2.33. The number of aryl methyl sites for hydroxylation is 2. The minimum Gasteiger partial charge on any atom is -0.355 e. The fourth-order valence-electron chi connectivity index (χ4n) is 5.39. The summed E-state index contributed by atoms with van der Waals surface area (Å²) in [5.41, 5.74) is 7.06. The molecule has 0 spiro atoms. The summed E-state index contributed by atoms with van der Waals surface area (Å²) >= 11 is 0. The van der Waals surface area contributed by atoms with Crippen LogP contribution in [0.5, 0.6) is 0 Å². The molecule has 3 aromatic rings. The smallest absolute Gasteiger partial charge is 0.224 e. The van der Waals surface area contributed by atoms with Gasteiger partial charge in [0.15, 0.2) is 5.82 Å². The number of rotatable bonds is 6. The van der Waals surface area contributed by atoms with E-state index in [2.05, 4.69) is 54.4 Å². The van der Waals surface area contributed by atoms with Crippen molar-refractivity contribution in [3.8, 4) is 11.3 Å². The predicted molar refractivity (Wildman–Crippen MR) is 137 cm³/mol. The fraction of sp³-hybridized carbons (Fsp3) is 0.464. The Labute approximate surface area is 202 Å². The predicted octanol–water partition coefficient (Wildman–Crippen LogP) is 5.24. The lowest BCUT2D eigenvalue weighted by molar-refractivity contribution is -0.125. The number of nitrogens with one attached hydrogen (secondary N) is 1. The Kier molecular flexibility index (Phi) is 6.66. The zero-order chi connectivity index (χ0) is 23.5. The number of carbonyl (C=O) groups is 1. The van der Waals surface area contributed by atoms with Crippen molar-refractivity contribution < 1.29 is 4.79 Å². The number of allylic oxidation sites excluding steroid dienone is 1. The zero-order valence-corrected chi connectivity index (χ0v) is 20.4. The second kappa shape index (κ2) is 10.00. The van der Waals surface area contributed by atoms with Gasteiger partial charge in [-0.3, -0.25) is 4.79 Å². The Morgan fingerprint density at radius 2 is 2.09 bits per heavy atom. The maximum atomic E-state index is 12.9. The van der Waals surface area contributed by atoms with Crippen LogP contribution in [0.3, 0.4) is 0 Å². The van der Waals surface area contributed by atoms with Gasteiger partial charge in [-0.25, -0.2) is 9.50 Å². The van der Waals surface area contributed by atoms with Gasteiger partial charge < -0.3 is 10.2 Å². The van der Waals surface area contributed by atoms with Crippen molar-refractivity contribution in [1.82, 2.24) is 19.9 Å². The van der Waals surface area contributed by atoms with E-state index in [1.165, 1.54) is 42.4 Å². The van der Waals surface area contributed by atoms with Crippen LogP contribution in [0.1, 0.15) is 56.1 Å². The standard InChI is InChI=1S/C28H35N5O/c1-20-10-11-24(21(2)17-20)25-18-26-27(29-14-16-33(26)31-25)32-15-6-9-23(19-32)28(34)30-13-12-22-7-4-3-5-8-22/h7,10-11,14,16-18,23H,3-6,8-9,12-13,15,19H2,1-2H3,(H,30,34). The summed E-state index contributed by atoms with van der Waals surface area (Å²) in [6.07, 6.45) is 14.0. The molecule has 6 nitrogen and oxygen atoms in total. The third-order valence-electron chi connectivity index (χ3n) is 7.25. The van der Waals surface area contributed by atoms with Crippen molar-refractivity contribution in [1.29, 1.82) is 0 Å². The summed E-state index contributed by atoms with van der Waals surface area (Å²) in [6.45, 7) is 6.60. The van der Waals surface area contributed by atoms with Crippen LogP contribution in [0, 0.1) is 19.8 Å². The number of hydrogen-bond acceptors (Lipinski definition) is 4. The highest BCUT2D eigenvalue weighted by atomic mass is 16.1. The van der Waals surface area contributed by atoms with Crippen LogP contribution in [0.15, 0.2) is 48.3 Å². The first-order valence-electron chi connectivity index (χ1n) is 12.7. The summed E-state index contributed by atoms with van der Waals surface area (Å²) in [5.74, 6) is 1.09. The van der Waals surface area contributed by atoms with Crippen molar-refractivity contribution in [2.24, 2.45) is 5.92 Å². The molecule has 2 aromatic heterocycles. The highest BCUT2D eigenvalue weighted by Crippen LogP contribution is 2.30. The van der Waals surface area contributed by atoms with Gasteiger partial charge in [-0.2, -0.15) is 5.10 Å². The molecule has 0 saturated carbocycles. The van der Waals surface area contributed by atoms with Crippen LogP contribution in [0.2, 0.25) is 0 Å². The molecule has 1 amide bonds. The largest absolute Gasteiger partial charge is 0.355 e. The van der Waals surface area contributed by atoms with E-state index in [9.17, 15) is 4.79 Å². The maximum absolute atomic E-state index is 12.9. The van der Waals surface area contributed by atoms with E-state index >= 15 is 0 Å². The van der Waals surface area contributed by atoms with E-state index in [1.54, 1.807) is 0 Å². The number of piperidine rings is 1. The van der Waals surface area contributed by atoms with Crippen LogP contribution in [-0.4, -0.2) is 40.1 Å². The number of amides is 1. The molecule has 1 N–H and O–H groups in total. The summed E-state index contributed by atoms with van der Waals surface area (Å²) in [7, 11) is 0. The molecule has 1 aromatic carbocycles. The van der Waals surface area contributed by atoms with Crippen molar-refractivity contribution in [3.63, 3.8) is 0 Å². The molecule has 1 unspecified atom stereocenters. The van der Waals surface area contributed by atoms with Crippen molar-refractivity contribution >= 4 is 17.2 Å². The van der Waals surface area contributed by atoms with Crippen LogP contribution in [0.25, 0.3) is 16.8 Å². The minimum absolute atomic E-state index is 0.00197. The van der Waals surface area contributed by atoms with Crippen LogP contribution >= 0.6 is 0 Å². The van der Waals surface area contributed by atoms with E-state index in [1.807, 2.05) is 16.9 Å². The number of hydrogen-bond donors (Lipinski definition) is 1. The average molecular weight is 458 g/mol. The monoisotopic (exact) mass is 457 g/mol. The normalized spacial score (nSPS) is 18.7. The molecule has 1 atom stereocenters. The van der Waals surface area contributed by atoms with Crippen LogP contribution < -0.4 is 10.2 Å². The van der Waals surface area contributed by atoms with E-state index in [4.69, 9.17) is 10.1 Å². The third kappa shape index (κ3) is 4.86. The summed E-state index contributed by atoms with van der Waals surface area (Å²) < 4.78 is 1.92. The van der Waals surface area contributed by atoms with Gasteiger partial charge in [0.05, 0.1) is 11.6 Å². The quantitative estimate of drug-likeness (QED) is 0.515. The van der Waals surface area contributed by atoms with Gasteiger partial charge in [0.1, 0.15) is 5.52 Å². The molecule has 6 heteroatoms. The molecule has 1 fully saturated rings. The highest BCUT2D eigenvalue weighted by Gasteiger charge is 2.27. The molecule has 1 saturated heterocycles. The van der Waals surface area contributed by atoms with Gasteiger partial charge in [-0.05, 0) is 70.4 Å². The van der Waals surface area contributed by atoms with Crippen LogP contribution in [0.4, 0.5) is 5.82 Å². The molecule has 34 heavy (non-hydrogen) atoms. The number of aromatic nitrogens is 3. The first-order chi connectivity index (χ1) is 16.6. The van der Waals surface area contributed by atoms with E-state index in [0.29, 0.717) is 6.54 Å². The Morgan fingerprint density at radius 3 is 2.91 bits per heavy atom. The number of carbonyl (C=O) groups excluding carboxylic acids is 1. The van der Waals surface area contributed by atoms with E-state index in [0.717, 1.165) is 54.9 Å². The average Bonchev–Trinajstić information content (AvgIpc) is 3.29. The Bertz CT molecular complexity index is 1210. The topological polar surface area (TPSA) is 62.5 Å². The lowest BCUT2D eigenvalue weighted by Crippen LogP contribution is -2.43. The minimum atomic E-state index is -0.00197. The van der Waals surface area contributed by atoms with Gasteiger partial charge in [0.25, 0.3) is 0 Å². The fourth-order valence-corrected chi connectivity index (χ4v) is 5.39. The van der Waals surface area contributed by atoms with E-state index < -0.39 is 0 Å². The summed E-state index contributed by atoms with van der Waals surface area (Å²) in [6, 6.07) is 8.59. The Morgan fingerprint density at radius 1 is 1.18 bits per heavy atom. The van der Waals surface area contributed by atoms with Crippen molar-refractivity contribution in [2.45, 2.75) is 58.8 Å². The molecule has 1 aliphatic heterocycles. The van der Waals surface area contributed by atoms with Gasteiger partial charge in [0, 0.05) is 37.6 Å². The van der Waals surface area contributed by atoms with Gasteiger partial charge >= 0.3 is 0 Å².